The Kier molecular flexibility index (Phi) is 8.69. The lowest BCUT2D eigenvalue weighted by Crippen LogP contribution is -2.27. The zero-order valence-corrected chi connectivity index (χ0v) is 20.1. The first kappa shape index (κ1) is 26.8. The molecule has 35 heavy (non-hydrogen) atoms. The lowest BCUT2D eigenvalue weighted by Gasteiger charge is -2.18. The molecule has 2 atom stereocenters. The molecular formula is C23H18Cl3F3N2O4. The number of anilines is 1. The van der Waals surface area contributed by atoms with Gasteiger partial charge in [0.05, 0.1) is 10.6 Å². The number of hydrogen-bond donors (Lipinski definition) is 1. The van der Waals surface area contributed by atoms with Gasteiger partial charge >= 0.3 is 12.1 Å². The van der Waals surface area contributed by atoms with Gasteiger partial charge < -0.3 is 14.7 Å². The first-order chi connectivity index (χ1) is 16.5. The van der Waals surface area contributed by atoms with Crippen LogP contribution in [0.25, 0.3) is 10.9 Å². The van der Waals surface area contributed by atoms with Crippen LogP contribution in [0.1, 0.15) is 5.56 Å². The van der Waals surface area contributed by atoms with Gasteiger partial charge in [0.15, 0.2) is 6.61 Å². The Hall–Kier alpha value is -2.75. The highest BCUT2D eigenvalue weighted by Gasteiger charge is 2.40. The van der Waals surface area contributed by atoms with E-state index in [-0.39, 0.29) is 24.0 Å². The van der Waals surface area contributed by atoms with Crippen LogP contribution in [0.4, 0.5) is 18.9 Å². The number of pyridine rings is 1. The van der Waals surface area contributed by atoms with Crippen molar-refractivity contribution >= 4 is 63.3 Å². The highest BCUT2D eigenvalue weighted by molar-refractivity contribution is 6.35. The van der Waals surface area contributed by atoms with Gasteiger partial charge in [-0.25, -0.2) is 4.79 Å². The molecule has 1 N–H and O–H groups in total. The van der Waals surface area contributed by atoms with Crippen molar-refractivity contribution < 1.29 is 32.6 Å². The van der Waals surface area contributed by atoms with Crippen molar-refractivity contribution in [1.29, 1.82) is 0 Å². The van der Waals surface area contributed by atoms with Crippen LogP contribution < -0.4 is 9.64 Å². The fourth-order valence-electron chi connectivity index (χ4n) is 3.35. The quantitative estimate of drug-likeness (QED) is 0.403. The Bertz CT molecular complexity index is 1230. The molecule has 1 fully saturated rings. The maximum atomic E-state index is 12.6. The maximum Gasteiger partial charge on any atom is 0.416 e. The molecule has 186 valence electrons. The summed E-state index contributed by atoms with van der Waals surface area (Å²) in [5.74, 6) is -1.09. The maximum absolute atomic E-state index is 12.6. The van der Waals surface area contributed by atoms with Crippen LogP contribution in [-0.2, 0) is 15.8 Å². The molecule has 1 aromatic heterocycles. The second kappa shape index (κ2) is 11.3. The molecule has 12 heteroatoms. The summed E-state index contributed by atoms with van der Waals surface area (Å²) in [6.07, 6.45) is -2.84. The normalized spacial score (nSPS) is 17.8. The number of carboxylic acid groups (broad SMARTS) is 1. The minimum absolute atomic E-state index is 0.190. The zero-order valence-electron chi connectivity index (χ0n) is 17.8. The van der Waals surface area contributed by atoms with Crippen molar-refractivity contribution in [3.8, 4) is 5.75 Å². The average Bonchev–Trinajstić information content (AvgIpc) is 3.12. The highest BCUT2D eigenvalue weighted by atomic mass is 35.5. The van der Waals surface area contributed by atoms with E-state index in [9.17, 15) is 22.8 Å². The van der Waals surface area contributed by atoms with Gasteiger partial charge in [-0.05, 0) is 42.5 Å². The number of amides is 1. The Balaban J connectivity index is 0.000000198. The fraction of sp³-hybridized carbons (Fsp3) is 0.261. The SMILES string of the molecule is O=C(O)COc1ccc(Cl)c2cccnc12.O=C1C(Cl)C(CCl)CN1c1cccc(C(F)(F)F)c1. The van der Waals surface area contributed by atoms with Crippen molar-refractivity contribution in [2.24, 2.45) is 5.92 Å². The topological polar surface area (TPSA) is 79.7 Å². The van der Waals surface area contributed by atoms with Gasteiger partial charge in [0, 0.05) is 35.6 Å². The minimum atomic E-state index is -4.44. The van der Waals surface area contributed by atoms with Gasteiger partial charge in [-0.3, -0.25) is 9.78 Å². The van der Waals surface area contributed by atoms with E-state index >= 15 is 0 Å². The molecule has 0 saturated carbocycles. The number of fused-ring (bicyclic) bond motifs is 1. The van der Waals surface area contributed by atoms with E-state index in [1.807, 2.05) is 0 Å². The molecule has 1 saturated heterocycles. The molecule has 1 aliphatic rings. The molecule has 0 radical (unpaired) electrons. The smallest absolute Gasteiger partial charge is 0.416 e. The summed E-state index contributed by atoms with van der Waals surface area (Å²) in [5.41, 5.74) is -0.0346. The summed E-state index contributed by atoms with van der Waals surface area (Å²) in [6, 6.07) is 11.5. The number of benzene rings is 2. The number of aliphatic carboxylic acids is 1. The predicted octanol–water partition coefficient (Wildman–Crippen LogP) is 5.87. The molecule has 3 aromatic rings. The van der Waals surface area contributed by atoms with Crippen molar-refractivity contribution in [2.75, 3.05) is 23.9 Å². The number of halogens is 6. The molecule has 0 aliphatic carbocycles. The second-order valence-electron chi connectivity index (χ2n) is 7.44. The molecule has 2 heterocycles. The molecule has 0 bridgehead atoms. The van der Waals surface area contributed by atoms with E-state index < -0.39 is 35.6 Å². The van der Waals surface area contributed by atoms with Crippen LogP contribution in [0.2, 0.25) is 5.02 Å². The third-order valence-corrected chi connectivity index (χ3v) is 6.32. The Labute approximate surface area is 213 Å². The average molecular weight is 550 g/mol. The second-order valence-corrected chi connectivity index (χ2v) is 8.63. The first-order valence-electron chi connectivity index (χ1n) is 10.1. The van der Waals surface area contributed by atoms with Crippen molar-refractivity contribution in [3.63, 3.8) is 0 Å². The number of carboxylic acids is 1. The van der Waals surface area contributed by atoms with Gasteiger partial charge in [-0.1, -0.05) is 17.7 Å². The Morgan fingerprint density at radius 3 is 2.57 bits per heavy atom. The van der Waals surface area contributed by atoms with Gasteiger partial charge in [-0.2, -0.15) is 13.2 Å². The van der Waals surface area contributed by atoms with Gasteiger partial charge in [0.2, 0.25) is 5.91 Å². The third kappa shape index (κ3) is 6.48. The van der Waals surface area contributed by atoms with Crippen molar-refractivity contribution in [3.05, 3.63) is 65.3 Å². The number of carbonyl (C=O) groups is 2. The van der Waals surface area contributed by atoms with Crippen LogP contribution in [0.5, 0.6) is 5.75 Å². The molecule has 1 amide bonds. The molecule has 4 rings (SSSR count). The highest BCUT2D eigenvalue weighted by Crippen LogP contribution is 2.34. The summed E-state index contributed by atoms with van der Waals surface area (Å²) in [6.45, 7) is -0.162. The fourth-order valence-corrected chi connectivity index (χ4v) is 4.21. The van der Waals surface area contributed by atoms with E-state index in [1.54, 1.807) is 30.5 Å². The number of rotatable bonds is 5. The van der Waals surface area contributed by atoms with E-state index in [2.05, 4.69) is 4.98 Å². The number of nitrogens with zero attached hydrogens (tertiary/aromatic N) is 2. The lowest BCUT2D eigenvalue weighted by atomic mass is 10.1. The van der Waals surface area contributed by atoms with E-state index in [0.717, 1.165) is 17.5 Å². The zero-order chi connectivity index (χ0) is 25.8. The molecule has 6 nitrogen and oxygen atoms in total. The monoisotopic (exact) mass is 548 g/mol. The van der Waals surface area contributed by atoms with Crippen molar-refractivity contribution in [2.45, 2.75) is 11.6 Å². The van der Waals surface area contributed by atoms with Crippen LogP contribution in [0, 0.1) is 5.92 Å². The van der Waals surface area contributed by atoms with Crippen LogP contribution >= 0.6 is 34.8 Å². The molecule has 2 unspecified atom stereocenters. The van der Waals surface area contributed by atoms with Crippen molar-refractivity contribution in [1.82, 2.24) is 4.98 Å². The summed E-state index contributed by atoms with van der Waals surface area (Å²) in [4.78, 5) is 27.7. The number of ether oxygens (including phenoxy) is 1. The largest absolute Gasteiger partial charge is 0.480 e. The summed E-state index contributed by atoms with van der Waals surface area (Å²) in [7, 11) is 0. The van der Waals surface area contributed by atoms with E-state index in [0.29, 0.717) is 16.3 Å². The summed E-state index contributed by atoms with van der Waals surface area (Å²) >= 11 is 17.6. The Morgan fingerprint density at radius 2 is 1.94 bits per heavy atom. The van der Waals surface area contributed by atoms with Gasteiger partial charge in [0.1, 0.15) is 16.6 Å². The number of aromatic nitrogens is 1. The van der Waals surface area contributed by atoms with Gasteiger partial charge in [0.25, 0.3) is 0 Å². The number of hydrogen-bond acceptors (Lipinski definition) is 4. The molecule has 0 spiro atoms. The third-order valence-electron chi connectivity index (χ3n) is 5.05. The van der Waals surface area contributed by atoms with Crippen LogP contribution in [0.15, 0.2) is 54.7 Å². The standard InChI is InChI=1S/C12H10Cl2F3NO.C11H8ClNO3/c13-5-7-6-18(11(19)10(7)14)9-3-1-2-8(4-9)12(15,16)17;12-8-3-4-9(16-6-10(14)15)11-7(8)2-1-5-13-11/h1-4,7,10H,5-6H2;1-5H,6H2,(H,14,15). The molecule has 2 aromatic carbocycles. The molecule has 1 aliphatic heterocycles. The lowest BCUT2D eigenvalue weighted by molar-refractivity contribution is -0.139. The summed E-state index contributed by atoms with van der Waals surface area (Å²) in [5, 5.41) is 9.05. The number of alkyl halides is 5. The molecular weight excluding hydrogens is 532 g/mol. The number of carbonyl (C=O) groups excluding carboxylic acids is 1. The van der Waals surface area contributed by atoms with Gasteiger partial charge in [-0.15, -0.1) is 23.2 Å². The first-order valence-corrected chi connectivity index (χ1v) is 11.4. The van der Waals surface area contributed by atoms with Crippen LogP contribution in [0.3, 0.4) is 0 Å². The Morgan fingerprint density at radius 1 is 1.20 bits per heavy atom. The van der Waals surface area contributed by atoms with E-state index in [4.69, 9.17) is 44.6 Å². The predicted molar refractivity (Wildman–Crippen MR) is 128 cm³/mol. The van der Waals surface area contributed by atoms with E-state index in [1.165, 1.54) is 17.0 Å². The summed E-state index contributed by atoms with van der Waals surface area (Å²) < 4.78 is 43.0. The van der Waals surface area contributed by atoms with Crippen LogP contribution in [-0.4, -0.2) is 46.4 Å². The minimum Gasteiger partial charge on any atom is -0.480 e.